The van der Waals surface area contributed by atoms with Crippen LogP contribution in [0.5, 0.6) is 0 Å². The SMILES string of the molecule is CCC(C)Cn1ncnc1CNC1CC1. The van der Waals surface area contributed by atoms with Crippen LogP contribution in [-0.4, -0.2) is 20.8 Å². The van der Waals surface area contributed by atoms with Crippen molar-refractivity contribution >= 4 is 0 Å². The molecule has 0 bridgehead atoms. The number of aromatic nitrogens is 3. The van der Waals surface area contributed by atoms with Gasteiger partial charge < -0.3 is 5.32 Å². The molecule has 1 heterocycles. The van der Waals surface area contributed by atoms with Gasteiger partial charge in [-0.3, -0.25) is 0 Å². The molecular formula is C11H20N4. The lowest BCUT2D eigenvalue weighted by atomic mass is 10.1. The van der Waals surface area contributed by atoms with Gasteiger partial charge in [0.05, 0.1) is 6.54 Å². The first-order valence-electron chi connectivity index (χ1n) is 5.89. The molecule has 1 aromatic rings. The Kier molecular flexibility index (Phi) is 3.36. The fourth-order valence-corrected chi connectivity index (χ4v) is 1.52. The van der Waals surface area contributed by atoms with Crippen LogP contribution in [0.1, 0.15) is 38.9 Å². The predicted molar refractivity (Wildman–Crippen MR) is 59.3 cm³/mol. The van der Waals surface area contributed by atoms with Crippen LogP contribution in [0.4, 0.5) is 0 Å². The minimum Gasteiger partial charge on any atom is -0.307 e. The maximum Gasteiger partial charge on any atom is 0.140 e. The Hall–Kier alpha value is -0.900. The molecular weight excluding hydrogens is 188 g/mol. The van der Waals surface area contributed by atoms with Crippen LogP contribution >= 0.6 is 0 Å². The van der Waals surface area contributed by atoms with Gasteiger partial charge >= 0.3 is 0 Å². The molecule has 1 saturated carbocycles. The summed E-state index contributed by atoms with van der Waals surface area (Å²) in [6.07, 6.45) is 5.49. The van der Waals surface area contributed by atoms with Crippen LogP contribution in [0, 0.1) is 5.92 Å². The first-order chi connectivity index (χ1) is 7.29. The lowest BCUT2D eigenvalue weighted by molar-refractivity contribution is 0.421. The van der Waals surface area contributed by atoms with E-state index in [1.807, 2.05) is 4.68 Å². The minimum absolute atomic E-state index is 0.673. The topological polar surface area (TPSA) is 42.7 Å². The van der Waals surface area contributed by atoms with Crippen molar-refractivity contribution in [3.63, 3.8) is 0 Å². The second-order valence-electron chi connectivity index (χ2n) is 4.53. The van der Waals surface area contributed by atoms with Gasteiger partial charge in [-0.1, -0.05) is 20.3 Å². The van der Waals surface area contributed by atoms with E-state index in [9.17, 15) is 0 Å². The highest BCUT2D eigenvalue weighted by molar-refractivity contribution is 4.88. The molecule has 1 atom stereocenters. The van der Waals surface area contributed by atoms with E-state index in [0.29, 0.717) is 5.92 Å². The zero-order valence-electron chi connectivity index (χ0n) is 9.61. The third-order valence-electron chi connectivity index (χ3n) is 3.00. The quantitative estimate of drug-likeness (QED) is 0.771. The molecule has 1 aliphatic rings. The van der Waals surface area contributed by atoms with E-state index in [-0.39, 0.29) is 0 Å². The van der Waals surface area contributed by atoms with Gasteiger partial charge in [-0.15, -0.1) is 0 Å². The summed E-state index contributed by atoms with van der Waals surface area (Å²) in [5.41, 5.74) is 0. The van der Waals surface area contributed by atoms with Crippen molar-refractivity contribution in [2.24, 2.45) is 5.92 Å². The molecule has 0 spiro atoms. The summed E-state index contributed by atoms with van der Waals surface area (Å²) in [7, 11) is 0. The summed E-state index contributed by atoms with van der Waals surface area (Å²) in [4.78, 5) is 4.29. The molecule has 4 heteroatoms. The van der Waals surface area contributed by atoms with Crippen molar-refractivity contribution in [3.05, 3.63) is 12.2 Å². The number of hydrogen-bond donors (Lipinski definition) is 1. The van der Waals surface area contributed by atoms with Gasteiger partial charge in [0.25, 0.3) is 0 Å². The molecule has 15 heavy (non-hydrogen) atoms. The fraction of sp³-hybridized carbons (Fsp3) is 0.818. The average Bonchev–Trinajstić information content (AvgIpc) is 2.97. The van der Waals surface area contributed by atoms with E-state index in [1.54, 1.807) is 6.33 Å². The summed E-state index contributed by atoms with van der Waals surface area (Å²) in [5.74, 6) is 1.74. The molecule has 4 nitrogen and oxygen atoms in total. The number of rotatable bonds is 6. The van der Waals surface area contributed by atoms with Gasteiger partial charge in [0.1, 0.15) is 12.2 Å². The molecule has 0 amide bonds. The fourth-order valence-electron chi connectivity index (χ4n) is 1.52. The van der Waals surface area contributed by atoms with Gasteiger partial charge in [-0.25, -0.2) is 9.67 Å². The highest BCUT2D eigenvalue weighted by atomic mass is 15.3. The number of nitrogens with zero attached hydrogens (tertiary/aromatic N) is 3. The van der Waals surface area contributed by atoms with Crippen molar-refractivity contribution in [1.29, 1.82) is 0 Å². The molecule has 0 aromatic carbocycles. The molecule has 84 valence electrons. The molecule has 1 aromatic heterocycles. The predicted octanol–water partition coefficient (Wildman–Crippen LogP) is 1.58. The van der Waals surface area contributed by atoms with Gasteiger partial charge in [0, 0.05) is 12.6 Å². The molecule has 1 fully saturated rings. The van der Waals surface area contributed by atoms with Crippen LogP contribution in [0.2, 0.25) is 0 Å². The zero-order valence-corrected chi connectivity index (χ0v) is 9.61. The first kappa shape index (κ1) is 10.6. The highest BCUT2D eigenvalue weighted by Crippen LogP contribution is 2.19. The normalized spacial score (nSPS) is 18.0. The van der Waals surface area contributed by atoms with Crippen molar-refractivity contribution in [2.45, 2.75) is 52.2 Å². The van der Waals surface area contributed by atoms with Crippen LogP contribution in [0.3, 0.4) is 0 Å². The molecule has 1 N–H and O–H groups in total. The van der Waals surface area contributed by atoms with E-state index < -0.39 is 0 Å². The summed E-state index contributed by atoms with van der Waals surface area (Å²) >= 11 is 0. The zero-order chi connectivity index (χ0) is 10.7. The van der Waals surface area contributed by atoms with Gasteiger partial charge in [-0.05, 0) is 18.8 Å². The summed E-state index contributed by atoms with van der Waals surface area (Å²) in [5, 5.41) is 7.74. The Labute approximate surface area is 91.1 Å². The van der Waals surface area contributed by atoms with Crippen LogP contribution in [-0.2, 0) is 13.1 Å². The maximum absolute atomic E-state index is 4.29. The summed E-state index contributed by atoms with van der Waals surface area (Å²) < 4.78 is 2.03. The van der Waals surface area contributed by atoms with Crippen molar-refractivity contribution < 1.29 is 0 Å². The highest BCUT2D eigenvalue weighted by Gasteiger charge is 2.21. The minimum atomic E-state index is 0.673. The van der Waals surface area contributed by atoms with E-state index in [4.69, 9.17) is 0 Å². The van der Waals surface area contributed by atoms with Crippen LogP contribution < -0.4 is 5.32 Å². The van der Waals surface area contributed by atoms with Gasteiger partial charge in [0.15, 0.2) is 0 Å². The van der Waals surface area contributed by atoms with E-state index in [0.717, 1.165) is 25.0 Å². The summed E-state index contributed by atoms with van der Waals surface area (Å²) in [6.45, 7) is 6.31. The Morgan fingerprint density at radius 1 is 1.60 bits per heavy atom. The lowest BCUT2D eigenvalue weighted by Crippen LogP contribution is -2.20. The van der Waals surface area contributed by atoms with Gasteiger partial charge in [-0.2, -0.15) is 5.10 Å². The Balaban J connectivity index is 1.88. The van der Waals surface area contributed by atoms with Crippen molar-refractivity contribution in [3.8, 4) is 0 Å². The van der Waals surface area contributed by atoms with E-state index in [2.05, 4.69) is 29.2 Å². The molecule has 2 rings (SSSR count). The number of nitrogens with one attached hydrogen (secondary N) is 1. The van der Waals surface area contributed by atoms with E-state index >= 15 is 0 Å². The van der Waals surface area contributed by atoms with Crippen molar-refractivity contribution in [2.75, 3.05) is 0 Å². The average molecular weight is 208 g/mol. The maximum atomic E-state index is 4.29. The van der Waals surface area contributed by atoms with Crippen LogP contribution in [0.15, 0.2) is 6.33 Å². The standard InChI is InChI=1S/C11H20N4/c1-3-9(2)7-15-11(13-8-14-15)6-12-10-4-5-10/h8-10,12H,3-7H2,1-2H3. The molecule has 1 aliphatic carbocycles. The monoisotopic (exact) mass is 208 g/mol. The third kappa shape index (κ3) is 3.02. The van der Waals surface area contributed by atoms with Crippen LogP contribution in [0.25, 0.3) is 0 Å². The number of hydrogen-bond acceptors (Lipinski definition) is 3. The Morgan fingerprint density at radius 3 is 3.07 bits per heavy atom. The largest absolute Gasteiger partial charge is 0.307 e. The smallest absolute Gasteiger partial charge is 0.140 e. The molecule has 0 saturated heterocycles. The second kappa shape index (κ2) is 4.75. The summed E-state index contributed by atoms with van der Waals surface area (Å²) in [6, 6.07) is 0.735. The third-order valence-corrected chi connectivity index (χ3v) is 3.00. The lowest BCUT2D eigenvalue weighted by Gasteiger charge is -2.11. The second-order valence-corrected chi connectivity index (χ2v) is 4.53. The van der Waals surface area contributed by atoms with E-state index in [1.165, 1.54) is 19.3 Å². The van der Waals surface area contributed by atoms with Crippen molar-refractivity contribution in [1.82, 2.24) is 20.1 Å². The molecule has 0 aliphatic heterocycles. The molecule has 1 unspecified atom stereocenters. The van der Waals surface area contributed by atoms with Gasteiger partial charge in [0.2, 0.25) is 0 Å². The Bertz CT molecular complexity index is 303. The first-order valence-corrected chi connectivity index (χ1v) is 5.89. The molecule has 0 radical (unpaired) electrons. The Morgan fingerprint density at radius 2 is 2.40 bits per heavy atom.